The quantitative estimate of drug-likeness (QED) is 0.705. The van der Waals surface area contributed by atoms with Crippen LogP contribution in [0.5, 0.6) is 5.88 Å². The van der Waals surface area contributed by atoms with Gasteiger partial charge >= 0.3 is 0 Å². The number of methoxy groups -OCH3 is 1. The Kier molecular flexibility index (Phi) is 7.40. The fraction of sp³-hybridized carbons (Fsp3) is 0.643. The van der Waals surface area contributed by atoms with Crippen LogP contribution < -0.4 is 10.1 Å². The van der Waals surface area contributed by atoms with Gasteiger partial charge in [0.25, 0.3) is 0 Å². The second-order valence-electron chi connectivity index (χ2n) is 4.92. The van der Waals surface area contributed by atoms with Gasteiger partial charge in [-0.1, -0.05) is 13.8 Å². The Morgan fingerprint density at radius 1 is 1.37 bits per heavy atom. The highest BCUT2D eigenvalue weighted by Crippen LogP contribution is 2.07. The molecule has 5 nitrogen and oxygen atoms in total. The van der Waals surface area contributed by atoms with Gasteiger partial charge < -0.3 is 19.9 Å². The lowest BCUT2D eigenvalue weighted by Crippen LogP contribution is -2.30. The largest absolute Gasteiger partial charge is 0.481 e. The highest BCUT2D eigenvalue weighted by molar-refractivity contribution is 5.20. The third kappa shape index (κ3) is 7.10. The Labute approximate surface area is 115 Å². The summed E-state index contributed by atoms with van der Waals surface area (Å²) in [5.74, 6) is 1.09. The van der Waals surface area contributed by atoms with Crippen LogP contribution in [-0.4, -0.2) is 43.1 Å². The number of hydrogen-bond donors (Lipinski definition) is 2. The number of nitrogens with one attached hydrogen (secondary N) is 1. The van der Waals surface area contributed by atoms with E-state index in [-0.39, 0.29) is 0 Å². The molecule has 0 saturated carbocycles. The van der Waals surface area contributed by atoms with Crippen molar-refractivity contribution in [3.63, 3.8) is 0 Å². The third-order valence-electron chi connectivity index (χ3n) is 2.48. The molecule has 0 spiro atoms. The Hall–Kier alpha value is -1.17. The molecule has 19 heavy (non-hydrogen) atoms. The van der Waals surface area contributed by atoms with Crippen LogP contribution in [0.15, 0.2) is 18.3 Å². The van der Waals surface area contributed by atoms with Gasteiger partial charge in [-0.05, 0) is 17.5 Å². The van der Waals surface area contributed by atoms with E-state index in [1.807, 2.05) is 12.1 Å². The van der Waals surface area contributed by atoms with E-state index in [0.717, 1.165) is 5.56 Å². The van der Waals surface area contributed by atoms with Gasteiger partial charge in [-0.15, -0.1) is 0 Å². The minimum Gasteiger partial charge on any atom is -0.481 e. The molecule has 0 saturated heterocycles. The van der Waals surface area contributed by atoms with Crippen LogP contribution in [0.25, 0.3) is 0 Å². The Morgan fingerprint density at radius 3 is 2.84 bits per heavy atom. The number of pyridine rings is 1. The summed E-state index contributed by atoms with van der Waals surface area (Å²) < 4.78 is 10.4. The number of aliphatic hydroxyl groups excluding tert-OH is 1. The van der Waals surface area contributed by atoms with E-state index in [2.05, 4.69) is 24.1 Å². The van der Waals surface area contributed by atoms with E-state index in [0.29, 0.717) is 38.1 Å². The summed E-state index contributed by atoms with van der Waals surface area (Å²) in [7, 11) is 1.59. The molecule has 1 rings (SSSR count). The van der Waals surface area contributed by atoms with Crippen molar-refractivity contribution in [2.75, 3.05) is 26.9 Å². The molecule has 0 fully saturated rings. The Bertz CT molecular complexity index is 358. The molecular formula is C14H24N2O3. The average molecular weight is 268 g/mol. The molecule has 2 N–H and O–H groups in total. The van der Waals surface area contributed by atoms with E-state index < -0.39 is 6.10 Å². The highest BCUT2D eigenvalue weighted by Gasteiger charge is 2.05. The molecule has 0 aliphatic heterocycles. The number of rotatable bonds is 9. The zero-order chi connectivity index (χ0) is 14.1. The maximum Gasteiger partial charge on any atom is 0.213 e. The summed E-state index contributed by atoms with van der Waals surface area (Å²) in [6.45, 7) is 6.38. The summed E-state index contributed by atoms with van der Waals surface area (Å²) in [6.07, 6.45) is 1.22. The van der Waals surface area contributed by atoms with Crippen LogP contribution in [0.2, 0.25) is 0 Å². The molecule has 0 amide bonds. The first-order chi connectivity index (χ1) is 9.11. The summed E-state index contributed by atoms with van der Waals surface area (Å²) in [5, 5.41) is 12.9. The van der Waals surface area contributed by atoms with Gasteiger partial charge in [0, 0.05) is 32.0 Å². The maximum absolute atomic E-state index is 9.72. The number of ether oxygens (including phenoxy) is 2. The molecule has 108 valence electrons. The van der Waals surface area contributed by atoms with Crippen molar-refractivity contribution in [3.05, 3.63) is 23.9 Å². The fourth-order valence-electron chi connectivity index (χ4n) is 1.55. The van der Waals surface area contributed by atoms with Gasteiger partial charge in [-0.3, -0.25) is 0 Å². The van der Waals surface area contributed by atoms with Crippen molar-refractivity contribution in [2.24, 2.45) is 5.92 Å². The van der Waals surface area contributed by atoms with Gasteiger partial charge in [0.2, 0.25) is 5.88 Å². The van der Waals surface area contributed by atoms with E-state index in [1.165, 1.54) is 0 Å². The molecule has 1 aromatic heterocycles. The molecule has 1 unspecified atom stereocenters. The first kappa shape index (κ1) is 15.9. The van der Waals surface area contributed by atoms with Crippen molar-refractivity contribution < 1.29 is 14.6 Å². The van der Waals surface area contributed by atoms with Crippen LogP contribution in [0.4, 0.5) is 0 Å². The molecule has 0 aliphatic rings. The number of hydrogen-bond acceptors (Lipinski definition) is 5. The lowest BCUT2D eigenvalue weighted by atomic mass is 10.2. The van der Waals surface area contributed by atoms with Crippen molar-refractivity contribution in [2.45, 2.75) is 26.5 Å². The SMILES string of the molecule is COc1cc(CNCC(O)COCC(C)C)ccn1. The van der Waals surface area contributed by atoms with Gasteiger partial charge in [0.05, 0.1) is 19.8 Å². The minimum absolute atomic E-state index is 0.366. The molecule has 0 radical (unpaired) electrons. The highest BCUT2D eigenvalue weighted by atomic mass is 16.5. The first-order valence-electron chi connectivity index (χ1n) is 6.57. The third-order valence-corrected chi connectivity index (χ3v) is 2.48. The van der Waals surface area contributed by atoms with Crippen LogP contribution in [0.3, 0.4) is 0 Å². The van der Waals surface area contributed by atoms with Gasteiger partial charge in [0.1, 0.15) is 0 Å². The van der Waals surface area contributed by atoms with E-state index >= 15 is 0 Å². The maximum atomic E-state index is 9.72. The van der Waals surface area contributed by atoms with Gasteiger partial charge in [0.15, 0.2) is 0 Å². The zero-order valence-electron chi connectivity index (χ0n) is 11.9. The zero-order valence-corrected chi connectivity index (χ0v) is 11.9. The monoisotopic (exact) mass is 268 g/mol. The fourth-order valence-corrected chi connectivity index (χ4v) is 1.55. The molecule has 5 heteroatoms. The standard InChI is InChI=1S/C14H24N2O3/c1-11(2)9-19-10-13(17)8-15-7-12-4-5-16-14(6-12)18-3/h4-6,11,13,15,17H,7-10H2,1-3H3. The molecule has 0 bridgehead atoms. The summed E-state index contributed by atoms with van der Waals surface area (Å²) >= 11 is 0. The van der Waals surface area contributed by atoms with Crippen LogP contribution in [0, 0.1) is 5.92 Å². The molecule has 1 atom stereocenters. The van der Waals surface area contributed by atoms with E-state index in [4.69, 9.17) is 9.47 Å². The number of nitrogens with zero attached hydrogens (tertiary/aromatic N) is 1. The predicted molar refractivity (Wildman–Crippen MR) is 74.2 cm³/mol. The van der Waals surface area contributed by atoms with E-state index in [1.54, 1.807) is 13.3 Å². The van der Waals surface area contributed by atoms with Crippen molar-refractivity contribution in [1.82, 2.24) is 10.3 Å². The van der Waals surface area contributed by atoms with Crippen molar-refractivity contribution in [1.29, 1.82) is 0 Å². The van der Waals surface area contributed by atoms with Gasteiger partial charge in [-0.25, -0.2) is 4.98 Å². The Balaban J connectivity index is 2.18. The second-order valence-corrected chi connectivity index (χ2v) is 4.92. The lowest BCUT2D eigenvalue weighted by molar-refractivity contribution is 0.0260. The molecule has 1 heterocycles. The lowest BCUT2D eigenvalue weighted by Gasteiger charge is -2.13. The first-order valence-corrected chi connectivity index (χ1v) is 6.57. The average Bonchev–Trinajstić information content (AvgIpc) is 2.38. The smallest absolute Gasteiger partial charge is 0.213 e. The van der Waals surface area contributed by atoms with Crippen molar-refractivity contribution >= 4 is 0 Å². The van der Waals surface area contributed by atoms with Gasteiger partial charge in [-0.2, -0.15) is 0 Å². The number of aliphatic hydroxyl groups is 1. The number of aromatic nitrogens is 1. The topological polar surface area (TPSA) is 63.6 Å². The normalized spacial score (nSPS) is 12.7. The van der Waals surface area contributed by atoms with Crippen LogP contribution in [-0.2, 0) is 11.3 Å². The van der Waals surface area contributed by atoms with Crippen molar-refractivity contribution in [3.8, 4) is 5.88 Å². The molecule has 0 aliphatic carbocycles. The molecule has 0 aromatic carbocycles. The summed E-state index contributed by atoms with van der Waals surface area (Å²) in [4.78, 5) is 4.04. The molecular weight excluding hydrogens is 244 g/mol. The predicted octanol–water partition coefficient (Wildman–Crippen LogP) is 1.21. The van der Waals surface area contributed by atoms with Crippen LogP contribution >= 0.6 is 0 Å². The van der Waals surface area contributed by atoms with E-state index in [9.17, 15) is 5.11 Å². The summed E-state index contributed by atoms with van der Waals surface area (Å²) in [5.41, 5.74) is 1.07. The molecule has 1 aromatic rings. The minimum atomic E-state index is -0.484. The Morgan fingerprint density at radius 2 is 2.16 bits per heavy atom. The second kappa shape index (κ2) is 8.85. The summed E-state index contributed by atoms with van der Waals surface area (Å²) in [6, 6.07) is 3.78. The van der Waals surface area contributed by atoms with Crippen LogP contribution in [0.1, 0.15) is 19.4 Å².